The lowest BCUT2D eigenvalue weighted by atomic mass is 9.86. The second-order valence-corrected chi connectivity index (χ2v) is 15.2. The number of allylic oxidation sites excluding steroid dienone is 1. The first-order valence-corrected chi connectivity index (χ1v) is 20.2. The Labute approximate surface area is 361 Å². The van der Waals surface area contributed by atoms with Crippen LogP contribution >= 0.6 is 0 Å². The van der Waals surface area contributed by atoms with Crippen LogP contribution in [0.2, 0.25) is 0 Å². The number of hydrogen-bond donors (Lipinski definition) is 0. The summed E-state index contributed by atoms with van der Waals surface area (Å²) in [7, 11) is 8.01. The molecule has 2 heterocycles. The molecular weight excluding hydrogens is 801 g/mol. The van der Waals surface area contributed by atoms with Crippen molar-refractivity contribution in [3.05, 3.63) is 101 Å². The highest BCUT2D eigenvalue weighted by Crippen LogP contribution is 2.46. The van der Waals surface area contributed by atoms with Crippen LogP contribution in [0.3, 0.4) is 0 Å². The van der Waals surface area contributed by atoms with Gasteiger partial charge < -0.3 is 52.6 Å². The van der Waals surface area contributed by atoms with Crippen LogP contribution in [0.15, 0.2) is 84.2 Å². The smallest absolute Gasteiger partial charge is 0.328 e. The fourth-order valence-electron chi connectivity index (χ4n) is 6.98. The predicted molar refractivity (Wildman–Crippen MR) is 231 cm³/mol. The molecule has 16 heteroatoms. The van der Waals surface area contributed by atoms with Gasteiger partial charge in [-0.05, 0) is 74.6 Å². The first-order valence-electron chi connectivity index (χ1n) is 20.2. The number of ether oxygens (including phenoxy) is 8. The lowest BCUT2D eigenvalue weighted by Gasteiger charge is -2.31. The molecule has 1 unspecified atom stereocenters. The van der Waals surface area contributed by atoms with Crippen LogP contribution < -0.4 is 28.9 Å². The quantitative estimate of drug-likeness (QED) is 0.190. The summed E-state index contributed by atoms with van der Waals surface area (Å²) < 4.78 is 45.7. The van der Waals surface area contributed by atoms with E-state index in [1.165, 1.54) is 13.8 Å². The molecule has 0 aromatic heterocycles. The summed E-state index contributed by atoms with van der Waals surface area (Å²) in [5.41, 5.74) is 6.77. The molecule has 1 atom stereocenters. The molecule has 16 nitrogen and oxygen atoms in total. The summed E-state index contributed by atoms with van der Waals surface area (Å²) >= 11 is 0. The number of fused-ring (bicyclic) bond motifs is 4. The topological polar surface area (TPSA) is 155 Å². The lowest BCUT2D eigenvalue weighted by molar-refractivity contribution is -0.166. The molecule has 6 rings (SSSR count). The second-order valence-electron chi connectivity index (χ2n) is 15.2. The van der Waals surface area contributed by atoms with Crippen LogP contribution in [0.4, 0.5) is 17.1 Å². The summed E-state index contributed by atoms with van der Waals surface area (Å²) in [6, 6.07) is 17.7. The Morgan fingerprint density at radius 1 is 0.710 bits per heavy atom. The Bertz CT molecular complexity index is 2230. The van der Waals surface area contributed by atoms with Gasteiger partial charge in [0.1, 0.15) is 49.3 Å². The van der Waals surface area contributed by atoms with Gasteiger partial charge in [0.2, 0.25) is 13.6 Å². The largest absolute Gasteiger partial charge is 0.488 e. The van der Waals surface area contributed by atoms with Crippen LogP contribution in [-0.2, 0) is 42.9 Å². The van der Waals surface area contributed by atoms with Crippen LogP contribution in [-0.4, -0.2) is 129 Å². The van der Waals surface area contributed by atoms with Gasteiger partial charge in [-0.1, -0.05) is 24.3 Å². The van der Waals surface area contributed by atoms with E-state index in [4.69, 9.17) is 37.9 Å². The SMILES string of the molecule is CC(=O)OCOC(=O)CN1CCOCCN(CC(=O)OCOC(C)=O)c2ccc(C3=C4C=CC(N(C)C)C=C4Oc4cc(N(C)C)ccc43)cc2OCCOc2cc(C)ccc21. The minimum absolute atomic E-state index is 0.0319. The summed E-state index contributed by atoms with van der Waals surface area (Å²) in [4.78, 5) is 56.4. The molecule has 0 saturated heterocycles. The molecule has 330 valence electrons. The zero-order valence-electron chi connectivity index (χ0n) is 36.3. The maximum absolute atomic E-state index is 13.2. The van der Waals surface area contributed by atoms with Crippen molar-refractivity contribution in [2.45, 2.75) is 26.8 Å². The van der Waals surface area contributed by atoms with Crippen molar-refractivity contribution in [2.75, 3.05) is 109 Å². The maximum atomic E-state index is 13.2. The Balaban J connectivity index is 1.37. The van der Waals surface area contributed by atoms with Crippen molar-refractivity contribution in [3.63, 3.8) is 0 Å². The zero-order chi connectivity index (χ0) is 44.3. The molecule has 0 radical (unpaired) electrons. The van der Waals surface area contributed by atoms with Gasteiger partial charge in [-0.25, -0.2) is 0 Å². The highest BCUT2D eigenvalue weighted by molar-refractivity contribution is 5.92. The van der Waals surface area contributed by atoms with E-state index in [2.05, 4.69) is 35.3 Å². The summed E-state index contributed by atoms with van der Waals surface area (Å²) in [5.74, 6) is 0.0439. The highest BCUT2D eigenvalue weighted by Gasteiger charge is 2.30. The molecule has 62 heavy (non-hydrogen) atoms. The summed E-state index contributed by atoms with van der Waals surface area (Å²) in [6.07, 6.45) is 6.33. The molecule has 1 aliphatic carbocycles. The van der Waals surface area contributed by atoms with Gasteiger partial charge >= 0.3 is 23.9 Å². The van der Waals surface area contributed by atoms with Crippen LogP contribution in [0.5, 0.6) is 17.2 Å². The maximum Gasteiger partial charge on any atom is 0.328 e. The highest BCUT2D eigenvalue weighted by atomic mass is 16.7. The first kappa shape index (κ1) is 45.0. The summed E-state index contributed by atoms with van der Waals surface area (Å²) in [5, 5.41) is 0. The first-order chi connectivity index (χ1) is 29.8. The van der Waals surface area contributed by atoms with Gasteiger partial charge in [0.05, 0.1) is 24.6 Å². The fourth-order valence-corrected chi connectivity index (χ4v) is 6.98. The molecule has 0 spiro atoms. The van der Waals surface area contributed by atoms with Crippen LogP contribution in [0.25, 0.3) is 5.57 Å². The molecular formula is C46H54N4O12. The minimum atomic E-state index is -0.635. The number of benzene rings is 3. The standard InChI is InChI=1S/C46H54N4O12/c1-30-8-14-38-42(22-30)56-20-21-57-43-23-33(46-36-12-10-34(47(4)5)24-40(36)62-41-25-35(48(6)7)11-13-37(41)46)9-15-39(43)50(27-45(54)61-29-59-32(3)52)17-19-55-18-16-49(38)26-44(53)60-28-58-31(2)51/h8-15,22-25,34H,16-21,26-29H2,1-7H3. The molecule has 3 aliphatic rings. The average molecular weight is 855 g/mol. The van der Waals surface area contributed by atoms with Gasteiger partial charge in [0.15, 0.2) is 0 Å². The number of hydrogen-bond acceptors (Lipinski definition) is 16. The zero-order valence-corrected chi connectivity index (χ0v) is 36.3. The van der Waals surface area contributed by atoms with Crippen molar-refractivity contribution in [1.29, 1.82) is 0 Å². The van der Waals surface area contributed by atoms with E-state index in [1.54, 1.807) is 9.80 Å². The number of esters is 4. The minimum Gasteiger partial charge on any atom is -0.488 e. The number of anilines is 3. The Kier molecular flexibility index (Phi) is 15.1. The van der Waals surface area contributed by atoms with Crippen LogP contribution in [0.1, 0.15) is 30.5 Å². The normalized spacial score (nSPS) is 16.3. The van der Waals surface area contributed by atoms with E-state index in [1.807, 2.05) is 82.5 Å². The number of nitrogens with zero attached hydrogens (tertiary/aromatic N) is 4. The van der Waals surface area contributed by atoms with Gasteiger partial charge in [-0.2, -0.15) is 0 Å². The van der Waals surface area contributed by atoms with Gasteiger partial charge in [0, 0.05) is 75.5 Å². The van der Waals surface area contributed by atoms with Gasteiger partial charge in [-0.15, -0.1) is 0 Å². The van der Waals surface area contributed by atoms with Crippen molar-refractivity contribution < 1.29 is 57.1 Å². The van der Waals surface area contributed by atoms with E-state index >= 15 is 0 Å². The Morgan fingerprint density at radius 3 is 1.89 bits per heavy atom. The fraction of sp³-hybridized carbons (Fsp3) is 0.391. The molecule has 0 N–H and O–H groups in total. The van der Waals surface area contributed by atoms with E-state index in [0.717, 1.165) is 45.0 Å². The van der Waals surface area contributed by atoms with Gasteiger partial charge in [-0.3, -0.25) is 24.1 Å². The Morgan fingerprint density at radius 2 is 1.31 bits per heavy atom. The van der Waals surface area contributed by atoms with Gasteiger partial charge in [0.25, 0.3) is 0 Å². The molecule has 0 fully saturated rings. The van der Waals surface area contributed by atoms with Crippen molar-refractivity contribution in [1.82, 2.24) is 4.90 Å². The average Bonchev–Trinajstić information content (AvgIpc) is 3.22. The van der Waals surface area contributed by atoms with Crippen molar-refractivity contribution in [3.8, 4) is 17.2 Å². The van der Waals surface area contributed by atoms with E-state index in [9.17, 15) is 19.2 Å². The predicted octanol–water partition coefficient (Wildman–Crippen LogP) is 4.87. The molecule has 2 aliphatic heterocycles. The third-order valence-corrected chi connectivity index (χ3v) is 10.1. The number of carbonyl (C=O) groups excluding carboxylic acids is 4. The second kappa shape index (κ2) is 20.8. The molecule has 0 amide bonds. The van der Waals surface area contributed by atoms with Crippen LogP contribution in [0, 0.1) is 6.92 Å². The number of aryl methyl sites for hydroxylation is 1. The van der Waals surface area contributed by atoms with E-state index in [0.29, 0.717) is 22.9 Å². The molecule has 0 bridgehead atoms. The molecule has 3 aromatic carbocycles. The number of carbonyl (C=O) groups is 4. The van der Waals surface area contributed by atoms with Crippen molar-refractivity contribution >= 4 is 46.5 Å². The number of likely N-dealkylation sites (N-methyl/N-ethyl adjacent to an activating group) is 1. The third kappa shape index (κ3) is 11.6. The molecule has 0 saturated carbocycles. The van der Waals surface area contributed by atoms with Crippen molar-refractivity contribution in [2.24, 2.45) is 0 Å². The third-order valence-electron chi connectivity index (χ3n) is 10.1. The lowest BCUT2D eigenvalue weighted by Crippen LogP contribution is -2.36. The Hall–Kier alpha value is -6.52. The van der Waals surface area contributed by atoms with E-state index < -0.39 is 37.5 Å². The summed E-state index contributed by atoms with van der Waals surface area (Å²) in [6.45, 7) is 4.03. The molecule has 3 aromatic rings. The number of rotatable bonds is 11. The monoisotopic (exact) mass is 854 g/mol. The van der Waals surface area contributed by atoms with E-state index in [-0.39, 0.29) is 58.6 Å².